The number of aliphatic hydroxyl groups is 1. The Bertz CT molecular complexity index is 860. The summed E-state index contributed by atoms with van der Waals surface area (Å²) in [5.41, 5.74) is 2.91. The topological polar surface area (TPSA) is 83.4 Å². The predicted molar refractivity (Wildman–Crippen MR) is 93.8 cm³/mol. The minimum atomic E-state index is -0.646. The number of carbonyl (C=O) groups excluding carboxylic acids is 2. The molecule has 0 bridgehead atoms. The Labute approximate surface area is 148 Å². The van der Waals surface area contributed by atoms with Crippen LogP contribution in [0, 0.1) is 0 Å². The number of hydrogen-bond acceptors (Lipinski definition) is 3. The maximum Gasteiger partial charge on any atom is 0.250 e. The molecule has 2 aromatic rings. The number of anilines is 1. The Balaban J connectivity index is 2.39. The van der Waals surface area contributed by atoms with E-state index in [9.17, 15) is 9.59 Å². The van der Waals surface area contributed by atoms with Gasteiger partial charge >= 0.3 is 0 Å². The molecule has 0 radical (unpaired) electrons. The van der Waals surface area contributed by atoms with Gasteiger partial charge in [-0.05, 0) is 18.6 Å². The number of halogens is 2. The van der Waals surface area contributed by atoms with Crippen LogP contribution in [0.2, 0.25) is 10.0 Å². The molecule has 0 fully saturated rings. The smallest absolute Gasteiger partial charge is 0.250 e. The van der Waals surface area contributed by atoms with E-state index in [2.05, 4.69) is 10.6 Å². The molecule has 1 atom stereocenters. The zero-order valence-corrected chi connectivity index (χ0v) is 14.8. The number of aryl methyl sites for hydroxylation is 1. The van der Waals surface area contributed by atoms with Gasteiger partial charge in [-0.2, -0.15) is 0 Å². The third-order valence-electron chi connectivity index (χ3n) is 4.42. The predicted octanol–water partition coefficient (Wildman–Crippen LogP) is 2.19. The lowest BCUT2D eigenvalue weighted by atomic mass is 9.96. The number of nitrogens with one attached hydrogen (secondary N) is 2. The summed E-state index contributed by atoms with van der Waals surface area (Å²) in [6, 6.07) is 1.55. The average Bonchev–Trinajstić information content (AvgIpc) is 2.75. The van der Waals surface area contributed by atoms with E-state index in [0.717, 1.165) is 11.3 Å². The van der Waals surface area contributed by atoms with Crippen molar-refractivity contribution in [1.29, 1.82) is 0 Å². The highest BCUT2D eigenvalue weighted by Crippen LogP contribution is 2.43. The molecule has 2 amide bonds. The minimum Gasteiger partial charge on any atom is -0.387 e. The lowest BCUT2D eigenvalue weighted by Gasteiger charge is -2.13. The van der Waals surface area contributed by atoms with E-state index in [1.807, 2.05) is 18.5 Å². The van der Waals surface area contributed by atoms with E-state index in [-0.39, 0.29) is 5.91 Å². The summed E-state index contributed by atoms with van der Waals surface area (Å²) >= 11 is 12.6. The highest BCUT2D eigenvalue weighted by Gasteiger charge is 2.30. The van der Waals surface area contributed by atoms with Crippen LogP contribution in [0.25, 0.3) is 10.9 Å². The van der Waals surface area contributed by atoms with Crippen molar-refractivity contribution in [1.82, 2.24) is 9.88 Å². The van der Waals surface area contributed by atoms with Crippen LogP contribution in [0.4, 0.5) is 5.69 Å². The molecular weight excluding hydrogens is 353 g/mol. The SMILES string of the molecule is CC1C(=O)NCCc2c1c1c(NC(=O)CO)cc(Cl)c(Cl)c1n2C. The lowest BCUT2D eigenvalue weighted by Crippen LogP contribution is -2.27. The summed E-state index contributed by atoms with van der Waals surface area (Å²) < 4.78 is 1.92. The molecule has 128 valence electrons. The lowest BCUT2D eigenvalue weighted by molar-refractivity contribution is -0.122. The fourth-order valence-corrected chi connectivity index (χ4v) is 3.78. The van der Waals surface area contributed by atoms with Crippen LogP contribution >= 0.6 is 23.2 Å². The van der Waals surface area contributed by atoms with Gasteiger partial charge in [0, 0.05) is 31.1 Å². The zero-order valence-electron chi connectivity index (χ0n) is 13.2. The van der Waals surface area contributed by atoms with Gasteiger partial charge in [-0.15, -0.1) is 0 Å². The van der Waals surface area contributed by atoms with Crippen molar-refractivity contribution in [2.45, 2.75) is 19.3 Å². The number of amides is 2. The van der Waals surface area contributed by atoms with E-state index in [1.54, 1.807) is 6.07 Å². The first-order valence-electron chi connectivity index (χ1n) is 7.54. The van der Waals surface area contributed by atoms with Gasteiger partial charge in [-0.3, -0.25) is 9.59 Å². The van der Waals surface area contributed by atoms with Gasteiger partial charge < -0.3 is 20.3 Å². The largest absolute Gasteiger partial charge is 0.387 e. The summed E-state index contributed by atoms with van der Waals surface area (Å²) in [6.45, 7) is 1.70. The van der Waals surface area contributed by atoms with Crippen LogP contribution in [-0.4, -0.2) is 34.6 Å². The highest BCUT2D eigenvalue weighted by molar-refractivity contribution is 6.46. The molecular formula is C16H17Cl2N3O3. The summed E-state index contributed by atoms with van der Waals surface area (Å²) in [6.07, 6.45) is 0.651. The number of carbonyl (C=O) groups is 2. The fraction of sp³-hybridized carbons (Fsp3) is 0.375. The van der Waals surface area contributed by atoms with Crippen LogP contribution in [0.15, 0.2) is 6.07 Å². The second-order valence-electron chi connectivity index (χ2n) is 5.83. The number of fused-ring (bicyclic) bond motifs is 3. The maximum absolute atomic E-state index is 12.3. The maximum atomic E-state index is 12.3. The van der Waals surface area contributed by atoms with Crippen LogP contribution < -0.4 is 10.6 Å². The number of benzene rings is 1. The number of aliphatic hydroxyl groups excluding tert-OH is 1. The molecule has 1 aliphatic heterocycles. The molecule has 1 unspecified atom stereocenters. The minimum absolute atomic E-state index is 0.0771. The quantitative estimate of drug-likeness (QED) is 0.758. The van der Waals surface area contributed by atoms with Crippen LogP contribution in [-0.2, 0) is 23.1 Å². The molecule has 0 saturated heterocycles. The van der Waals surface area contributed by atoms with Crippen molar-refractivity contribution < 1.29 is 14.7 Å². The van der Waals surface area contributed by atoms with Crippen LogP contribution in [0.1, 0.15) is 24.1 Å². The fourth-order valence-electron chi connectivity index (χ4n) is 3.31. The highest BCUT2D eigenvalue weighted by atomic mass is 35.5. The van der Waals surface area contributed by atoms with Crippen LogP contribution in [0.3, 0.4) is 0 Å². The van der Waals surface area contributed by atoms with E-state index < -0.39 is 18.4 Å². The summed E-state index contributed by atoms with van der Waals surface area (Å²) in [4.78, 5) is 24.0. The Kier molecular flexibility index (Phi) is 4.46. The average molecular weight is 370 g/mol. The molecule has 6 nitrogen and oxygen atoms in total. The second kappa shape index (κ2) is 6.27. The molecule has 1 aromatic heterocycles. The Morgan fingerprint density at radius 2 is 2.21 bits per heavy atom. The van der Waals surface area contributed by atoms with Crippen molar-refractivity contribution >= 4 is 51.6 Å². The Hall–Kier alpha value is -1.76. The van der Waals surface area contributed by atoms with E-state index >= 15 is 0 Å². The summed E-state index contributed by atoms with van der Waals surface area (Å²) in [5, 5.41) is 15.9. The van der Waals surface area contributed by atoms with E-state index in [1.165, 1.54) is 0 Å². The van der Waals surface area contributed by atoms with E-state index in [4.69, 9.17) is 28.3 Å². The summed E-state index contributed by atoms with van der Waals surface area (Å²) in [7, 11) is 1.86. The molecule has 0 aliphatic carbocycles. The zero-order chi connectivity index (χ0) is 17.6. The standard InChI is InChI=1S/C16H17Cl2N3O3/c1-7-12-10(3-4-19-16(7)24)21(2)15-13(12)9(20-11(23)6-22)5-8(17)14(15)18/h5,7,22H,3-4,6H2,1-2H3,(H,19,24)(H,20,23). The van der Waals surface area contributed by atoms with Gasteiger partial charge in [0.25, 0.3) is 0 Å². The third-order valence-corrected chi connectivity index (χ3v) is 5.20. The van der Waals surface area contributed by atoms with Crippen molar-refractivity contribution in [2.24, 2.45) is 7.05 Å². The molecule has 3 N–H and O–H groups in total. The normalized spacial score (nSPS) is 17.4. The molecule has 24 heavy (non-hydrogen) atoms. The van der Waals surface area contributed by atoms with Crippen LogP contribution in [0.5, 0.6) is 0 Å². The van der Waals surface area contributed by atoms with Gasteiger partial charge in [0.05, 0.1) is 27.2 Å². The van der Waals surface area contributed by atoms with Crippen molar-refractivity contribution in [3.05, 3.63) is 27.4 Å². The van der Waals surface area contributed by atoms with Crippen molar-refractivity contribution in [3.8, 4) is 0 Å². The van der Waals surface area contributed by atoms with Gasteiger partial charge in [-0.25, -0.2) is 0 Å². The third kappa shape index (κ3) is 2.55. The van der Waals surface area contributed by atoms with Crippen molar-refractivity contribution in [2.75, 3.05) is 18.5 Å². The number of hydrogen-bond donors (Lipinski definition) is 3. The number of nitrogens with zero attached hydrogens (tertiary/aromatic N) is 1. The van der Waals surface area contributed by atoms with E-state index in [0.29, 0.717) is 39.6 Å². The molecule has 1 aliphatic rings. The monoisotopic (exact) mass is 369 g/mol. The van der Waals surface area contributed by atoms with Crippen molar-refractivity contribution in [3.63, 3.8) is 0 Å². The number of rotatable bonds is 2. The molecule has 2 heterocycles. The van der Waals surface area contributed by atoms with Gasteiger partial charge in [0.1, 0.15) is 6.61 Å². The molecule has 1 aromatic carbocycles. The van der Waals surface area contributed by atoms with Gasteiger partial charge in [0.15, 0.2) is 0 Å². The molecule has 0 spiro atoms. The first-order chi connectivity index (χ1) is 11.4. The second-order valence-corrected chi connectivity index (χ2v) is 6.62. The molecule has 8 heteroatoms. The number of aromatic nitrogens is 1. The first-order valence-corrected chi connectivity index (χ1v) is 8.30. The van der Waals surface area contributed by atoms with Gasteiger partial charge in [-0.1, -0.05) is 23.2 Å². The molecule has 3 rings (SSSR count). The first kappa shape index (κ1) is 17.1. The molecule has 0 saturated carbocycles. The van der Waals surface area contributed by atoms with Gasteiger partial charge in [0.2, 0.25) is 11.8 Å². The Morgan fingerprint density at radius 3 is 2.88 bits per heavy atom. The Morgan fingerprint density at radius 1 is 1.50 bits per heavy atom. The summed E-state index contributed by atoms with van der Waals surface area (Å²) in [5.74, 6) is -1.03.